The number of aliphatic carboxylic acids is 1. The lowest BCUT2D eigenvalue weighted by molar-refractivity contribution is -0.141. The molecule has 0 bridgehead atoms. The first-order valence-corrected chi connectivity index (χ1v) is 6.13. The van der Waals surface area contributed by atoms with Gasteiger partial charge in [0.15, 0.2) is 0 Å². The molecule has 6 heteroatoms. The monoisotopic (exact) mass is 265 g/mol. The van der Waals surface area contributed by atoms with Gasteiger partial charge in [0.2, 0.25) is 0 Å². The number of hydrogen-bond donors (Lipinski definition) is 3. The number of pyridine rings is 1. The van der Waals surface area contributed by atoms with Crippen molar-refractivity contribution in [1.29, 1.82) is 0 Å². The lowest BCUT2D eigenvalue weighted by Crippen LogP contribution is -2.26. The summed E-state index contributed by atoms with van der Waals surface area (Å²) in [6.45, 7) is 4.14. The number of carboxylic acids is 1. The largest absolute Gasteiger partial charge is 0.481 e. The fraction of sp³-hybridized carbons (Fsp3) is 0.462. The number of hydrogen-bond acceptors (Lipinski definition) is 4. The minimum atomic E-state index is -0.863. The van der Waals surface area contributed by atoms with Gasteiger partial charge in [-0.05, 0) is 24.5 Å². The third-order valence-corrected chi connectivity index (χ3v) is 2.69. The van der Waals surface area contributed by atoms with Gasteiger partial charge in [-0.1, -0.05) is 13.8 Å². The molecule has 6 nitrogen and oxygen atoms in total. The molecule has 1 aromatic rings. The van der Waals surface area contributed by atoms with Crippen molar-refractivity contribution in [3.8, 4) is 0 Å². The molecular weight excluding hydrogens is 246 g/mol. The molecule has 0 radical (unpaired) electrons. The predicted octanol–water partition coefficient (Wildman–Crippen LogP) is 1.34. The Morgan fingerprint density at radius 3 is 2.68 bits per heavy atom. The van der Waals surface area contributed by atoms with Crippen molar-refractivity contribution >= 4 is 17.7 Å². The Morgan fingerprint density at radius 2 is 2.16 bits per heavy atom. The molecule has 19 heavy (non-hydrogen) atoms. The van der Waals surface area contributed by atoms with Gasteiger partial charge < -0.3 is 16.2 Å². The number of rotatable bonds is 7. The van der Waals surface area contributed by atoms with E-state index < -0.39 is 17.8 Å². The molecule has 1 aromatic heterocycles. The number of carboxylic acid groups (broad SMARTS) is 1. The summed E-state index contributed by atoms with van der Waals surface area (Å²) in [5, 5.41) is 12.0. The highest BCUT2D eigenvalue weighted by Crippen LogP contribution is 2.15. The highest BCUT2D eigenvalue weighted by atomic mass is 16.4. The van der Waals surface area contributed by atoms with Crippen molar-refractivity contribution in [2.45, 2.75) is 20.3 Å². The fourth-order valence-electron chi connectivity index (χ4n) is 1.81. The number of primary amides is 1. The first-order chi connectivity index (χ1) is 8.91. The average molecular weight is 265 g/mol. The van der Waals surface area contributed by atoms with E-state index in [0.717, 1.165) is 0 Å². The number of carbonyl (C=O) groups is 2. The van der Waals surface area contributed by atoms with E-state index in [1.54, 1.807) is 12.1 Å². The van der Waals surface area contributed by atoms with Crippen LogP contribution in [0.1, 0.15) is 30.6 Å². The Morgan fingerprint density at radius 1 is 1.47 bits per heavy atom. The molecule has 104 valence electrons. The van der Waals surface area contributed by atoms with Gasteiger partial charge >= 0.3 is 5.97 Å². The summed E-state index contributed by atoms with van der Waals surface area (Å²) in [5.41, 5.74) is 5.49. The van der Waals surface area contributed by atoms with Crippen LogP contribution in [0.3, 0.4) is 0 Å². The minimum absolute atomic E-state index is 0.213. The Bertz CT molecular complexity index is 460. The zero-order chi connectivity index (χ0) is 14.4. The molecule has 0 spiro atoms. The Hall–Kier alpha value is -2.11. The average Bonchev–Trinajstić information content (AvgIpc) is 2.34. The molecule has 0 aliphatic rings. The second-order valence-electron chi connectivity index (χ2n) is 4.81. The van der Waals surface area contributed by atoms with Crippen LogP contribution in [-0.4, -0.2) is 28.5 Å². The molecule has 0 saturated carbocycles. The summed E-state index contributed by atoms with van der Waals surface area (Å²) in [4.78, 5) is 26.3. The van der Waals surface area contributed by atoms with Crippen LogP contribution in [0.4, 0.5) is 5.82 Å². The summed E-state index contributed by atoms with van der Waals surface area (Å²) in [6, 6.07) is 3.16. The second-order valence-corrected chi connectivity index (χ2v) is 4.81. The number of aromatic nitrogens is 1. The lowest BCUT2D eigenvalue weighted by atomic mass is 9.97. The number of carbonyl (C=O) groups excluding carboxylic acids is 1. The summed E-state index contributed by atoms with van der Waals surface area (Å²) < 4.78 is 0. The molecule has 0 fully saturated rings. The predicted molar refractivity (Wildman–Crippen MR) is 71.8 cm³/mol. The standard InChI is InChI=1S/C13H19N3O3/c1-8(2)6-9(13(18)19)7-16-12-10(11(14)17)4-3-5-15-12/h3-5,8-9H,6-7H2,1-2H3,(H2,14,17)(H,15,16)(H,18,19). The summed E-state index contributed by atoms with van der Waals surface area (Å²) >= 11 is 0. The highest BCUT2D eigenvalue weighted by Gasteiger charge is 2.19. The van der Waals surface area contributed by atoms with E-state index in [4.69, 9.17) is 10.8 Å². The number of nitrogens with zero attached hydrogens (tertiary/aromatic N) is 1. The summed E-state index contributed by atoms with van der Waals surface area (Å²) in [5.74, 6) is -1.38. The second kappa shape index (κ2) is 6.72. The van der Waals surface area contributed by atoms with Gasteiger partial charge in [0.1, 0.15) is 5.82 Å². The van der Waals surface area contributed by atoms with E-state index >= 15 is 0 Å². The zero-order valence-electron chi connectivity index (χ0n) is 11.1. The van der Waals surface area contributed by atoms with E-state index in [2.05, 4.69) is 10.3 Å². The maximum atomic E-state index is 11.2. The Labute approximate surface area is 112 Å². The van der Waals surface area contributed by atoms with Gasteiger partial charge in [0.05, 0.1) is 11.5 Å². The molecule has 0 aliphatic heterocycles. The number of amides is 1. The fourth-order valence-corrected chi connectivity index (χ4v) is 1.81. The highest BCUT2D eigenvalue weighted by molar-refractivity contribution is 5.97. The Kier molecular flexibility index (Phi) is 5.29. The first kappa shape index (κ1) is 14.9. The normalized spacial score (nSPS) is 12.2. The number of nitrogens with two attached hydrogens (primary N) is 1. The minimum Gasteiger partial charge on any atom is -0.481 e. The van der Waals surface area contributed by atoms with Crippen LogP contribution in [-0.2, 0) is 4.79 Å². The van der Waals surface area contributed by atoms with Crippen LogP contribution in [0.5, 0.6) is 0 Å². The summed E-state index contributed by atoms with van der Waals surface area (Å²) in [6.07, 6.45) is 2.08. The van der Waals surface area contributed by atoms with E-state index in [1.165, 1.54) is 6.20 Å². The van der Waals surface area contributed by atoms with Crippen LogP contribution in [0, 0.1) is 11.8 Å². The van der Waals surface area contributed by atoms with E-state index in [0.29, 0.717) is 12.2 Å². The first-order valence-electron chi connectivity index (χ1n) is 6.13. The van der Waals surface area contributed by atoms with Crippen LogP contribution in [0.15, 0.2) is 18.3 Å². The maximum Gasteiger partial charge on any atom is 0.308 e. The van der Waals surface area contributed by atoms with Crippen molar-refractivity contribution in [1.82, 2.24) is 4.98 Å². The molecule has 0 saturated heterocycles. The lowest BCUT2D eigenvalue weighted by Gasteiger charge is -2.16. The summed E-state index contributed by atoms with van der Waals surface area (Å²) in [7, 11) is 0. The molecule has 1 unspecified atom stereocenters. The van der Waals surface area contributed by atoms with Crippen LogP contribution in [0.2, 0.25) is 0 Å². The van der Waals surface area contributed by atoms with Gasteiger partial charge in [-0.3, -0.25) is 9.59 Å². The topological polar surface area (TPSA) is 105 Å². The molecule has 1 heterocycles. The number of nitrogens with one attached hydrogen (secondary N) is 1. The molecule has 0 aromatic carbocycles. The van der Waals surface area contributed by atoms with Gasteiger partial charge in [-0.15, -0.1) is 0 Å². The molecule has 0 aliphatic carbocycles. The van der Waals surface area contributed by atoms with Gasteiger partial charge in [-0.25, -0.2) is 4.98 Å². The maximum absolute atomic E-state index is 11.2. The number of anilines is 1. The quantitative estimate of drug-likeness (QED) is 0.690. The van der Waals surface area contributed by atoms with Crippen molar-refractivity contribution in [2.75, 3.05) is 11.9 Å². The third-order valence-electron chi connectivity index (χ3n) is 2.69. The molecule has 1 amide bonds. The van der Waals surface area contributed by atoms with E-state index in [9.17, 15) is 9.59 Å². The molecular formula is C13H19N3O3. The van der Waals surface area contributed by atoms with E-state index in [1.807, 2.05) is 13.8 Å². The van der Waals surface area contributed by atoms with E-state index in [-0.39, 0.29) is 18.0 Å². The smallest absolute Gasteiger partial charge is 0.308 e. The zero-order valence-corrected chi connectivity index (χ0v) is 11.1. The SMILES string of the molecule is CC(C)CC(CNc1ncccc1C(N)=O)C(=O)O. The van der Waals surface area contributed by atoms with Crippen molar-refractivity contribution in [3.05, 3.63) is 23.9 Å². The van der Waals surface area contributed by atoms with Crippen LogP contribution >= 0.6 is 0 Å². The van der Waals surface area contributed by atoms with Crippen molar-refractivity contribution < 1.29 is 14.7 Å². The van der Waals surface area contributed by atoms with Gasteiger partial charge in [0.25, 0.3) is 5.91 Å². The molecule has 1 rings (SSSR count). The van der Waals surface area contributed by atoms with Crippen LogP contribution < -0.4 is 11.1 Å². The van der Waals surface area contributed by atoms with Crippen molar-refractivity contribution in [2.24, 2.45) is 17.6 Å². The molecule has 4 N–H and O–H groups in total. The van der Waals surface area contributed by atoms with Crippen molar-refractivity contribution in [3.63, 3.8) is 0 Å². The van der Waals surface area contributed by atoms with Gasteiger partial charge in [-0.2, -0.15) is 0 Å². The van der Waals surface area contributed by atoms with Gasteiger partial charge in [0, 0.05) is 12.7 Å². The Balaban J connectivity index is 2.74. The van der Waals surface area contributed by atoms with Crippen LogP contribution in [0.25, 0.3) is 0 Å². The third kappa shape index (κ3) is 4.57. The molecule has 1 atom stereocenters.